The van der Waals surface area contributed by atoms with E-state index in [1.54, 1.807) is 19.1 Å². The Kier molecular flexibility index (Phi) is 5.94. The summed E-state index contributed by atoms with van der Waals surface area (Å²) < 4.78 is 6.92. The maximum absolute atomic E-state index is 13.0. The number of anilines is 1. The van der Waals surface area contributed by atoms with Gasteiger partial charge in [-0.2, -0.15) is 0 Å². The number of carbonyl (C=O) groups is 2. The Morgan fingerprint density at radius 3 is 2.67 bits per heavy atom. The molecule has 1 aliphatic rings. The average molecular weight is 426 g/mol. The van der Waals surface area contributed by atoms with E-state index in [2.05, 4.69) is 10.3 Å². The molecule has 156 valence electrons. The van der Waals surface area contributed by atoms with Crippen molar-refractivity contribution >= 4 is 39.1 Å². The number of amides is 1. The zero-order valence-electron chi connectivity index (χ0n) is 16.7. The van der Waals surface area contributed by atoms with Crippen LogP contribution in [-0.2, 0) is 16.1 Å². The number of ether oxygens (including phenoxy) is 1. The predicted octanol–water partition coefficient (Wildman–Crippen LogP) is 3.89. The molecule has 1 fully saturated rings. The van der Waals surface area contributed by atoms with Gasteiger partial charge < -0.3 is 10.1 Å². The van der Waals surface area contributed by atoms with Crippen molar-refractivity contribution in [2.75, 3.05) is 5.32 Å². The third kappa shape index (κ3) is 4.28. The van der Waals surface area contributed by atoms with Crippen molar-refractivity contribution in [3.05, 3.63) is 57.5 Å². The molecule has 0 saturated heterocycles. The first kappa shape index (κ1) is 20.3. The molecule has 8 heteroatoms. The number of hydrogen-bond acceptors (Lipinski definition) is 6. The molecule has 2 aromatic heterocycles. The van der Waals surface area contributed by atoms with Crippen LogP contribution in [0.2, 0.25) is 0 Å². The van der Waals surface area contributed by atoms with Crippen LogP contribution in [-0.4, -0.2) is 27.5 Å². The Morgan fingerprint density at radius 2 is 1.93 bits per heavy atom. The van der Waals surface area contributed by atoms with Crippen LogP contribution >= 0.6 is 11.3 Å². The summed E-state index contributed by atoms with van der Waals surface area (Å²) in [5.74, 6) is -0.718. The molecule has 1 aliphatic carbocycles. The lowest BCUT2D eigenvalue weighted by atomic mass is 9.98. The number of benzene rings is 1. The third-order valence-corrected chi connectivity index (χ3v) is 6.48. The van der Waals surface area contributed by atoms with Crippen molar-refractivity contribution in [3.8, 4) is 0 Å². The fourth-order valence-electron chi connectivity index (χ4n) is 3.73. The number of hydrogen-bond donors (Lipinski definition) is 1. The number of aromatic nitrogens is 2. The molecule has 1 N–H and O–H groups in total. The van der Waals surface area contributed by atoms with Crippen LogP contribution in [0.3, 0.4) is 0 Å². The number of nitrogens with zero attached hydrogens (tertiary/aromatic N) is 2. The number of para-hydroxylation sites is 1. The monoisotopic (exact) mass is 425 g/mol. The van der Waals surface area contributed by atoms with E-state index >= 15 is 0 Å². The average Bonchev–Trinajstić information content (AvgIpc) is 3.09. The smallest absolute Gasteiger partial charge is 0.348 e. The molecule has 7 nitrogen and oxygen atoms in total. The van der Waals surface area contributed by atoms with Gasteiger partial charge in [-0.1, -0.05) is 24.6 Å². The van der Waals surface area contributed by atoms with Crippen LogP contribution in [0.15, 0.2) is 41.5 Å². The second-order valence-electron chi connectivity index (χ2n) is 7.49. The number of esters is 1. The predicted molar refractivity (Wildman–Crippen MR) is 116 cm³/mol. The first-order valence-electron chi connectivity index (χ1n) is 10.1. The first-order chi connectivity index (χ1) is 14.5. The highest BCUT2D eigenvalue weighted by Gasteiger charge is 2.24. The SMILES string of the molecule is Cc1c(C(=O)OC2CCCCC2)sc2ncn(CC(=O)Nc3ccccc3)c(=O)c12. The number of fused-ring (bicyclic) bond motifs is 1. The van der Waals surface area contributed by atoms with E-state index in [1.807, 2.05) is 18.2 Å². The maximum atomic E-state index is 13.0. The summed E-state index contributed by atoms with van der Waals surface area (Å²) >= 11 is 1.17. The van der Waals surface area contributed by atoms with E-state index in [-0.39, 0.29) is 24.1 Å². The van der Waals surface area contributed by atoms with Crippen molar-refractivity contribution in [2.24, 2.45) is 0 Å². The second-order valence-corrected chi connectivity index (χ2v) is 8.49. The lowest BCUT2D eigenvalue weighted by molar-refractivity contribution is -0.116. The van der Waals surface area contributed by atoms with Gasteiger partial charge in [0.15, 0.2) is 0 Å². The van der Waals surface area contributed by atoms with Gasteiger partial charge in [0.1, 0.15) is 22.4 Å². The summed E-state index contributed by atoms with van der Waals surface area (Å²) in [6.07, 6.45) is 6.39. The largest absolute Gasteiger partial charge is 0.458 e. The van der Waals surface area contributed by atoms with Crippen molar-refractivity contribution in [1.82, 2.24) is 9.55 Å². The normalized spacial score (nSPS) is 14.6. The summed E-state index contributed by atoms with van der Waals surface area (Å²) in [5.41, 5.74) is 0.879. The van der Waals surface area contributed by atoms with Crippen molar-refractivity contribution < 1.29 is 14.3 Å². The van der Waals surface area contributed by atoms with Gasteiger partial charge in [0.05, 0.1) is 11.7 Å². The minimum atomic E-state index is -0.393. The van der Waals surface area contributed by atoms with Gasteiger partial charge in [-0.3, -0.25) is 14.2 Å². The summed E-state index contributed by atoms with van der Waals surface area (Å²) in [5, 5.41) is 3.12. The molecule has 0 atom stereocenters. The molecule has 0 bridgehead atoms. The Morgan fingerprint density at radius 1 is 1.20 bits per heavy atom. The van der Waals surface area contributed by atoms with Crippen molar-refractivity contribution in [3.63, 3.8) is 0 Å². The summed E-state index contributed by atoms with van der Waals surface area (Å²) in [4.78, 5) is 43.1. The number of aryl methyl sites for hydroxylation is 1. The van der Waals surface area contributed by atoms with Gasteiger partial charge in [-0.05, 0) is 50.3 Å². The minimum absolute atomic E-state index is 0.0536. The van der Waals surface area contributed by atoms with Crippen LogP contribution in [0.25, 0.3) is 10.2 Å². The first-order valence-corrected chi connectivity index (χ1v) is 10.9. The van der Waals surface area contributed by atoms with Gasteiger partial charge in [-0.15, -0.1) is 11.3 Å². The maximum Gasteiger partial charge on any atom is 0.348 e. The fourth-order valence-corrected chi connectivity index (χ4v) is 4.75. The number of thiophene rings is 1. The van der Waals surface area contributed by atoms with Crippen LogP contribution in [0.5, 0.6) is 0 Å². The lowest BCUT2D eigenvalue weighted by Gasteiger charge is -2.21. The molecule has 4 rings (SSSR count). The van der Waals surface area contributed by atoms with E-state index in [0.29, 0.717) is 26.3 Å². The molecule has 0 radical (unpaired) electrons. The van der Waals surface area contributed by atoms with Crippen molar-refractivity contribution in [2.45, 2.75) is 51.7 Å². The van der Waals surface area contributed by atoms with E-state index in [0.717, 1.165) is 25.7 Å². The topological polar surface area (TPSA) is 90.3 Å². The molecule has 1 saturated carbocycles. The summed E-state index contributed by atoms with van der Waals surface area (Å²) in [6.45, 7) is 1.57. The molecule has 30 heavy (non-hydrogen) atoms. The molecular formula is C22H23N3O4S. The molecule has 1 amide bonds. The molecule has 2 heterocycles. The van der Waals surface area contributed by atoms with E-state index in [4.69, 9.17) is 4.74 Å². The summed E-state index contributed by atoms with van der Waals surface area (Å²) in [7, 11) is 0. The second kappa shape index (κ2) is 8.79. The van der Waals surface area contributed by atoms with Gasteiger partial charge >= 0.3 is 5.97 Å². The fraction of sp³-hybridized carbons (Fsp3) is 0.364. The van der Waals surface area contributed by atoms with E-state index < -0.39 is 5.97 Å². The van der Waals surface area contributed by atoms with Gasteiger partial charge in [0.2, 0.25) is 5.91 Å². The third-order valence-electron chi connectivity index (χ3n) is 5.30. The van der Waals surface area contributed by atoms with Crippen LogP contribution in [0.1, 0.15) is 47.3 Å². The van der Waals surface area contributed by atoms with E-state index in [1.165, 1.54) is 28.7 Å². The highest BCUT2D eigenvalue weighted by Crippen LogP contribution is 2.29. The molecule has 0 unspecified atom stereocenters. The highest BCUT2D eigenvalue weighted by atomic mass is 32.1. The van der Waals surface area contributed by atoms with Crippen LogP contribution in [0.4, 0.5) is 5.69 Å². The quantitative estimate of drug-likeness (QED) is 0.626. The zero-order chi connectivity index (χ0) is 21.1. The van der Waals surface area contributed by atoms with Crippen LogP contribution in [0, 0.1) is 6.92 Å². The Balaban J connectivity index is 1.55. The highest BCUT2D eigenvalue weighted by molar-refractivity contribution is 7.20. The number of rotatable bonds is 5. The van der Waals surface area contributed by atoms with E-state index in [9.17, 15) is 14.4 Å². The van der Waals surface area contributed by atoms with Crippen molar-refractivity contribution in [1.29, 1.82) is 0 Å². The molecule has 3 aromatic rings. The molecule has 1 aromatic carbocycles. The zero-order valence-corrected chi connectivity index (χ0v) is 17.5. The number of carbonyl (C=O) groups excluding carboxylic acids is 2. The van der Waals surface area contributed by atoms with Gasteiger partial charge in [0.25, 0.3) is 5.56 Å². The Labute approximate surface area is 177 Å². The Hall–Kier alpha value is -3.00. The lowest BCUT2D eigenvalue weighted by Crippen LogP contribution is -2.28. The number of nitrogens with one attached hydrogen (secondary N) is 1. The minimum Gasteiger partial charge on any atom is -0.458 e. The molecule has 0 aliphatic heterocycles. The van der Waals surface area contributed by atoms with Gasteiger partial charge in [-0.25, -0.2) is 9.78 Å². The van der Waals surface area contributed by atoms with Gasteiger partial charge in [0, 0.05) is 5.69 Å². The molecule has 0 spiro atoms. The summed E-state index contributed by atoms with van der Waals surface area (Å²) in [6, 6.07) is 9.04. The van der Waals surface area contributed by atoms with Crippen LogP contribution < -0.4 is 10.9 Å². The Bertz CT molecular complexity index is 1130. The molecular weight excluding hydrogens is 402 g/mol. The standard InChI is InChI=1S/C22H23N3O4S/c1-14-18-20(30-19(14)22(28)29-16-10-6-3-7-11-16)23-13-25(21(18)27)12-17(26)24-15-8-4-2-5-9-15/h2,4-5,8-9,13,16H,3,6-7,10-12H2,1H3,(H,24,26).